The Balaban J connectivity index is 2.25. The maximum atomic E-state index is 14.5. The number of primary sulfonamides is 1. The van der Waals surface area contributed by atoms with Crippen LogP contribution in [-0.4, -0.2) is 21.0 Å². The Morgan fingerprint density at radius 1 is 1.19 bits per heavy atom. The zero-order chi connectivity index (χ0) is 19.9. The predicted octanol–water partition coefficient (Wildman–Crippen LogP) is 2.26. The highest BCUT2D eigenvalue weighted by Crippen LogP contribution is 2.35. The predicted molar refractivity (Wildman–Crippen MR) is 91.4 cm³/mol. The van der Waals surface area contributed by atoms with Crippen molar-refractivity contribution in [3.05, 3.63) is 64.2 Å². The first kappa shape index (κ1) is 18.7. The van der Waals surface area contributed by atoms with Crippen LogP contribution in [0.25, 0.3) is 11.1 Å². The van der Waals surface area contributed by atoms with Gasteiger partial charge in [-0.05, 0) is 36.2 Å². The van der Waals surface area contributed by atoms with Gasteiger partial charge in [0.15, 0.2) is 0 Å². The molecule has 2 aromatic rings. The molecule has 0 unspecified atom stereocenters. The van der Waals surface area contributed by atoms with Crippen molar-refractivity contribution >= 4 is 27.1 Å². The van der Waals surface area contributed by atoms with E-state index in [0.717, 1.165) is 0 Å². The van der Waals surface area contributed by atoms with Gasteiger partial charge < -0.3 is 4.74 Å². The van der Waals surface area contributed by atoms with Crippen molar-refractivity contribution in [3.8, 4) is 6.07 Å². The lowest BCUT2D eigenvalue weighted by atomic mass is 9.94. The molecule has 27 heavy (non-hydrogen) atoms. The van der Waals surface area contributed by atoms with Crippen LogP contribution in [0.5, 0.6) is 0 Å². The smallest absolute Gasteiger partial charge is 0.339 e. The molecule has 1 aliphatic heterocycles. The average molecular weight is 390 g/mol. The van der Waals surface area contributed by atoms with Crippen molar-refractivity contribution in [3.63, 3.8) is 0 Å². The van der Waals surface area contributed by atoms with Crippen LogP contribution < -0.4 is 5.14 Å². The summed E-state index contributed by atoms with van der Waals surface area (Å²) in [4.78, 5) is 11.2. The van der Waals surface area contributed by atoms with E-state index in [-0.39, 0.29) is 23.3 Å². The Morgan fingerprint density at radius 3 is 2.52 bits per heavy atom. The van der Waals surface area contributed by atoms with Crippen molar-refractivity contribution in [1.82, 2.24) is 0 Å². The van der Waals surface area contributed by atoms with Crippen LogP contribution in [0.4, 0.5) is 8.78 Å². The number of sulfonamides is 1. The third-order valence-corrected chi connectivity index (χ3v) is 5.08. The second-order valence-electron chi connectivity index (χ2n) is 5.88. The number of cyclic esters (lactones) is 1. The van der Waals surface area contributed by atoms with E-state index in [1.54, 1.807) is 19.1 Å². The summed E-state index contributed by atoms with van der Waals surface area (Å²) in [5, 5.41) is 14.0. The van der Waals surface area contributed by atoms with Gasteiger partial charge in [-0.3, -0.25) is 0 Å². The number of hydrogen-bond acceptors (Lipinski definition) is 5. The fraction of sp³-hybridized carbons (Fsp3) is 0.111. The highest BCUT2D eigenvalue weighted by atomic mass is 32.2. The lowest BCUT2D eigenvalue weighted by Crippen LogP contribution is -2.15. The minimum absolute atomic E-state index is 0.0202. The lowest BCUT2D eigenvalue weighted by molar-refractivity contribution is -0.133. The van der Waals surface area contributed by atoms with Gasteiger partial charge in [-0.15, -0.1) is 0 Å². The number of esters is 1. The fourth-order valence-electron chi connectivity index (χ4n) is 2.79. The van der Waals surface area contributed by atoms with Crippen LogP contribution >= 0.6 is 0 Å². The highest BCUT2D eigenvalue weighted by molar-refractivity contribution is 7.89. The number of carbonyl (C=O) groups is 1. The van der Waals surface area contributed by atoms with Gasteiger partial charge in [0.1, 0.15) is 23.1 Å². The molecular formula is C18H12F2N2O4S. The topological polar surface area (TPSA) is 110 Å². The summed E-state index contributed by atoms with van der Waals surface area (Å²) in [5.41, 5.74) is 1.02. The molecule has 138 valence electrons. The number of nitrogens with zero attached hydrogens (tertiary/aromatic N) is 1. The molecule has 0 saturated carbocycles. The molecule has 0 atom stereocenters. The van der Waals surface area contributed by atoms with Crippen molar-refractivity contribution in [2.45, 2.75) is 11.8 Å². The molecule has 0 spiro atoms. The minimum atomic E-state index is -4.45. The van der Waals surface area contributed by atoms with Gasteiger partial charge >= 0.3 is 5.97 Å². The molecule has 0 aromatic heterocycles. The molecule has 0 aliphatic carbocycles. The van der Waals surface area contributed by atoms with E-state index in [0.29, 0.717) is 28.8 Å². The first-order valence-corrected chi connectivity index (χ1v) is 9.11. The van der Waals surface area contributed by atoms with Crippen LogP contribution in [0.3, 0.4) is 0 Å². The number of nitrogens with two attached hydrogens (primary N) is 1. The van der Waals surface area contributed by atoms with E-state index in [2.05, 4.69) is 0 Å². The van der Waals surface area contributed by atoms with Crippen molar-refractivity contribution in [2.75, 3.05) is 6.61 Å². The number of aryl methyl sites for hydroxylation is 1. The first-order chi connectivity index (χ1) is 12.6. The fourth-order valence-corrected chi connectivity index (χ4v) is 3.38. The summed E-state index contributed by atoms with van der Waals surface area (Å²) >= 11 is 0. The van der Waals surface area contributed by atoms with Gasteiger partial charge in [-0.25, -0.2) is 27.1 Å². The number of nitriles is 1. The quantitative estimate of drug-likeness (QED) is 0.809. The normalized spacial score (nSPS) is 14.3. The van der Waals surface area contributed by atoms with Crippen molar-refractivity contribution in [1.29, 1.82) is 5.26 Å². The number of benzene rings is 2. The molecular weight excluding hydrogens is 378 g/mol. The summed E-state index contributed by atoms with van der Waals surface area (Å²) in [6, 6.07) is 7.73. The monoisotopic (exact) mass is 390 g/mol. The second kappa shape index (κ2) is 6.57. The molecule has 9 heteroatoms. The molecule has 0 fully saturated rings. The Hall–Kier alpha value is -3.09. The lowest BCUT2D eigenvalue weighted by Gasteiger charge is -2.09. The molecule has 2 N–H and O–H groups in total. The van der Waals surface area contributed by atoms with E-state index in [4.69, 9.17) is 15.1 Å². The Labute approximate surface area is 153 Å². The van der Waals surface area contributed by atoms with Gasteiger partial charge in [0.2, 0.25) is 10.0 Å². The van der Waals surface area contributed by atoms with E-state index >= 15 is 0 Å². The Kier molecular flexibility index (Phi) is 4.55. The molecule has 1 heterocycles. The molecule has 2 aromatic carbocycles. The summed E-state index contributed by atoms with van der Waals surface area (Å²) in [6.07, 6.45) is 0. The summed E-state index contributed by atoms with van der Waals surface area (Å²) in [7, 11) is -4.45. The van der Waals surface area contributed by atoms with Crippen LogP contribution in [0, 0.1) is 29.9 Å². The van der Waals surface area contributed by atoms with Crippen molar-refractivity contribution < 1.29 is 26.7 Å². The standard InChI is InChI=1S/C18H12F2N2O4S/c1-9-2-3-10(4-11(9)7-21)17-13(8-26-18(17)23)12-5-15(20)16(6-14(12)19)27(22,24)25/h2-6H,8H2,1H3,(H2,22,24,25). The first-order valence-electron chi connectivity index (χ1n) is 7.57. The molecule has 3 rings (SSSR count). The maximum Gasteiger partial charge on any atom is 0.339 e. The second-order valence-corrected chi connectivity index (χ2v) is 7.41. The zero-order valence-corrected chi connectivity index (χ0v) is 14.7. The van der Waals surface area contributed by atoms with Crippen LogP contribution in [0.15, 0.2) is 35.2 Å². The van der Waals surface area contributed by atoms with Crippen LogP contribution in [0.1, 0.15) is 22.3 Å². The third-order valence-electron chi connectivity index (χ3n) is 4.15. The highest BCUT2D eigenvalue weighted by Gasteiger charge is 2.30. The maximum absolute atomic E-state index is 14.5. The van der Waals surface area contributed by atoms with E-state index in [9.17, 15) is 22.0 Å². The number of carbonyl (C=O) groups excluding carboxylic acids is 1. The molecule has 6 nitrogen and oxygen atoms in total. The summed E-state index contributed by atoms with van der Waals surface area (Å²) in [6.45, 7) is 1.39. The van der Waals surface area contributed by atoms with Gasteiger partial charge in [0, 0.05) is 11.1 Å². The number of ether oxygens (including phenoxy) is 1. The van der Waals surface area contributed by atoms with E-state index < -0.39 is 32.5 Å². The largest absolute Gasteiger partial charge is 0.457 e. The van der Waals surface area contributed by atoms with Gasteiger partial charge in [-0.2, -0.15) is 5.26 Å². The molecule has 0 amide bonds. The van der Waals surface area contributed by atoms with Crippen LogP contribution in [-0.2, 0) is 19.6 Å². The van der Waals surface area contributed by atoms with Crippen molar-refractivity contribution in [2.24, 2.45) is 5.14 Å². The summed E-state index contributed by atoms with van der Waals surface area (Å²) < 4.78 is 56.3. The van der Waals surface area contributed by atoms with Crippen LogP contribution in [0.2, 0.25) is 0 Å². The van der Waals surface area contributed by atoms with Gasteiger partial charge in [-0.1, -0.05) is 12.1 Å². The summed E-state index contributed by atoms with van der Waals surface area (Å²) in [5.74, 6) is -3.08. The van der Waals surface area contributed by atoms with Gasteiger partial charge in [0.25, 0.3) is 0 Å². The number of hydrogen-bond donors (Lipinski definition) is 1. The average Bonchev–Trinajstić information content (AvgIpc) is 2.97. The SMILES string of the molecule is Cc1ccc(C2=C(c3cc(F)c(S(N)(=O)=O)cc3F)COC2=O)cc1C#N. The number of halogens is 2. The van der Waals surface area contributed by atoms with Gasteiger partial charge in [0.05, 0.1) is 17.2 Å². The minimum Gasteiger partial charge on any atom is -0.457 e. The zero-order valence-electron chi connectivity index (χ0n) is 13.9. The molecule has 0 saturated heterocycles. The van der Waals surface area contributed by atoms with E-state index in [1.807, 2.05) is 6.07 Å². The molecule has 0 bridgehead atoms. The Morgan fingerprint density at radius 2 is 1.89 bits per heavy atom. The molecule has 1 aliphatic rings. The number of rotatable bonds is 3. The Bertz CT molecular complexity index is 1160. The van der Waals surface area contributed by atoms with E-state index in [1.165, 1.54) is 6.07 Å². The third kappa shape index (κ3) is 3.32. The molecule has 0 radical (unpaired) electrons.